The molecule has 0 aliphatic rings. The summed E-state index contributed by atoms with van der Waals surface area (Å²) in [5, 5.41) is 0. The smallest absolute Gasteiger partial charge is 0.330 e. The summed E-state index contributed by atoms with van der Waals surface area (Å²) in [6, 6.07) is 0. The fourth-order valence-corrected chi connectivity index (χ4v) is 1.76. The van der Waals surface area contributed by atoms with Gasteiger partial charge in [0.2, 0.25) is 0 Å². The van der Waals surface area contributed by atoms with Gasteiger partial charge in [0.05, 0.1) is 5.69 Å². The van der Waals surface area contributed by atoms with E-state index in [0.717, 1.165) is 6.42 Å². The van der Waals surface area contributed by atoms with Gasteiger partial charge in [0.15, 0.2) is 0 Å². The molecule has 0 aliphatic heterocycles. The van der Waals surface area contributed by atoms with Crippen molar-refractivity contribution in [1.29, 1.82) is 0 Å². The fraction of sp³-hybridized carbons (Fsp3) is 0.636. The molecule has 20 heavy (non-hydrogen) atoms. The number of H-pyrrole nitrogens is 1. The maximum absolute atomic E-state index is 12.6. The van der Waals surface area contributed by atoms with Gasteiger partial charge in [-0.05, 0) is 22.4 Å². The van der Waals surface area contributed by atoms with Crippen LogP contribution in [0.15, 0.2) is 9.27 Å². The Balaban J connectivity index is 2.72. The maximum Gasteiger partial charge on any atom is 0.330 e. The molecule has 0 spiro atoms. The number of ether oxygens (including phenoxy) is 1. The zero-order valence-electron chi connectivity index (χ0n) is 10.6. The Hall–Kier alpha value is -0.960. The van der Waals surface area contributed by atoms with Crippen molar-refractivity contribution in [2.75, 3.05) is 6.61 Å². The normalized spacial score (nSPS) is 12.2. The molecule has 114 valence electrons. The standard InChI is InChI=1S/C11H13BrF4N2O2/c1-2-3-6-8(12)9(19)18-7(17-6)4-20-5-11(15,16)10(13)14/h10H,2-5H2,1H3,(H,17,18,19). The van der Waals surface area contributed by atoms with Crippen LogP contribution in [0.5, 0.6) is 0 Å². The van der Waals surface area contributed by atoms with Crippen LogP contribution in [0.4, 0.5) is 17.6 Å². The minimum atomic E-state index is -4.22. The number of aromatic amines is 1. The van der Waals surface area contributed by atoms with Crippen LogP contribution in [0.25, 0.3) is 0 Å². The predicted octanol–water partition coefficient (Wildman–Crippen LogP) is 2.90. The van der Waals surface area contributed by atoms with Crippen LogP contribution in [0, 0.1) is 0 Å². The number of hydrogen-bond donors (Lipinski definition) is 1. The van der Waals surface area contributed by atoms with Gasteiger partial charge < -0.3 is 9.72 Å². The van der Waals surface area contributed by atoms with Gasteiger partial charge in [-0.25, -0.2) is 13.8 Å². The molecule has 4 nitrogen and oxygen atoms in total. The van der Waals surface area contributed by atoms with Crippen molar-refractivity contribution in [3.05, 3.63) is 26.3 Å². The zero-order chi connectivity index (χ0) is 15.3. The van der Waals surface area contributed by atoms with Crippen molar-refractivity contribution >= 4 is 15.9 Å². The summed E-state index contributed by atoms with van der Waals surface area (Å²) in [4.78, 5) is 17.9. The van der Waals surface area contributed by atoms with Crippen LogP contribution in [-0.2, 0) is 17.8 Å². The number of aryl methyl sites for hydroxylation is 1. The van der Waals surface area contributed by atoms with Crippen LogP contribution in [0.3, 0.4) is 0 Å². The Bertz CT molecular complexity index is 508. The third-order valence-corrected chi connectivity index (χ3v) is 3.14. The number of nitrogens with zero attached hydrogens (tertiary/aromatic N) is 1. The van der Waals surface area contributed by atoms with E-state index < -0.39 is 31.1 Å². The molecular weight excluding hydrogens is 348 g/mol. The second-order valence-electron chi connectivity index (χ2n) is 4.08. The molecule has 0 unspecified atom stereocenters. The van der Waals surface area contributed by atoms with E-state index in [4.69, 9.17) is 0 Å². The number of alkyl halides is 4. The number of nitrogens with one attached hydrogen (secondary N) is 1. The summed E-state index contributed by atoms with van der Waals surface area (Å²) in [7, 11) is 0. The first-order valence-corrected chi connectivity index (χ1v) is 6.58. The van der Waals surface area contributed by atoms with E-state index in [1.54, 1.807) is 0 Å². The van der Waals surface area contributed by atoms with E-state index >= 15 is 0 Å². The van der Waals surface area contributed by atoms with Crippen molar-refractivity contribution < 1.29 is 22.3 Å². The second-order valence-corrected chi connectivity index (χ2v) is 4.87. The Morgan fingerprint density at radius 3 is 2.65 bits per heavy atom. The van der Waals surface area contributed by atoms with Gasteiger partial charge in [0.25, 0.3) is 5.56 Å². The van der Waals surface area contributed by atoms with E-state index in [0.29, 0.717) is 12.1 Å². The third-order valence-electron chi connectivity index (χ3n) is 2.32. The van der Waals surface area contributed by atoms with E-state index in [2.05, 4.69) is 30.6 Å². The molecular formula is C11H13BrF4N2O2. The SMILES string of the molecule is CCCc1nc(COCC(F)(F)C(F)F)[nH]c(=O)c1Br. The molecule has 1 aromatic rings. The lowest BCUT2D eigenvalue weighted by Gasteiger charge is -2.15. The average molecular weight is 361 g/mol. The molecule has 1 aromatic heterocycles. The van der Waals surface area contributed by atoms with E-state index in [-0.39, 0.29) is 10.3 Å². The molecule has 9 heteroatoms. The Morgan fingerprint density at radius 1 is 1.45 bits per heavy atom. The van der Waals surface area contributed by atoms with Crippen LogP contribution in [0.1, 0.15) is 24.9 Å². The van der Waals surface area contributed by atoms with E-state index in [1.807, 2.05) is 6.92 Å². The van der Waals surface area contributed by atoms with Crippen molar-refractivity contribution in [1.82, 2.24) is 9.97 Å². The van der Waals surface area contributed by atoms with Gasteiger partial charge in [0, 0.05) is 0 Å². The highest BCUT2D eigenvalue weighted by molar-refractivity contribution is 9.10. The van der Waals surface area contributed by atoms with Crippen LogP contribution < -0.4 is 5.56 Å². The van der Waals surface area contributed by atoms with Gasteiger partial charge >= 0.3 is 12.3 Å². The lowest BCUT2D eigenvalue weighted by atomic mass is 10.2. The van der Waals surface area contributed by atoms with Crippen molar-refractivity contribution in [2.45, 2.75) is 38.7 Å². The molecule has 0 bridgehead atoms. The largest absolute Gasteiger partial charge is 0.367 e. The van der Waals surface area contributed by atoms with Crippen LogP contribution in [0.2, 0.25) is 0 Å². The number of halogens is 5. The maximum atomic E-state index is 12.6. The molecule has 0 saturated heterocycles. The molecule has 1 N–H and O–H groups in total. The lowest BCUT2D eigenvalue weighted by molar-refractivity contribution is -0.168. The van der Waals surface area contributed by atoms with Gasteiger partial charge in [0.1, 0.15) is 23.5 Å². The Kier molecular flexibility index (Phi) is 6.12. The quantitative estimate of drug-likeness (QED) is 0.760. The minimum absolute atomic E-state index is 0.0201. The summed E-state index contributed by atoms with van der Waals surface area (Å²) < 4.78 is 53.8. The molecule has 0 aromatic carbocycles. The first kappa shape index (κ1) is 17.1. The first-order chi connectivity index (χ1) is 9.27. The highest BCUT2D eigenvalue weighted by atomic mass is 79.9. The number of aromatic nitrogens is 2. The van der Waals surface area contributed by atoms with Gasteiger partial charge in [-0.2, -0.15) is 8.78 Å². The minimum Gasteiger partial charge on any atom is -0.367 e. The Morgan fingerprint density at radius 2 is 2.10 bits per heavy atom. The van der Waals surface area contributed by atoms with Crippen LogP contribution >= 0.6 is 15.9 Å². The van der Waals surface area contributed by atoms with Crippen molar-refractivity contribution in [2.24, 2.45) is 0 Å². The van der Waals surface area contributed by atoms with Crippen LogP contribution in [-0.4, -0.2) is 28.9 Å². The first-order valence-electron chi connectivity index (χ1n) is 5.79. The number of rotatable bonds is 7. The van der Waals surface area contributed by atoms with E-state index in [1.165, 1.54) is 0 Å². The molecule has 0 fully saturated rings. The summed E-state index contributed by atoms with van der Waals surface area (Å²) in [6.45, 7) is -0.0240. The topological polar surface area (TPSA) is 55.0 Å². The molecule has 0 amide bonds. The molecule has 1 heterocycles. The van der Waals surface area contributed by atoms with Crippen molar-refractivity contribution in [3.8, 4) is 0 Å². The molecule has 0 atom stereocenters. The molecule has 0 radical (unpaired) electrons. The lowest BCUT2D eigenvalue weighted by Crippen LogP contribution is -2.32. The predicted molar refractivity (Wildman–Crippen MR) is 67.2 cm³/mol. The van der Waals surface area contributed by atoms with Gasteiger partial charge in [-0.15, -0.1) is 0 Å². The zero-order valence-corrected chi connectivity index (χ0v) is 12.1. The third kappa shape index (κ3) is 4.55. The second kappa shape index (κ2) is 7.16. The summed E-state index contributed by atoms with van der Waals surface area (Å²) in [5.74, 6) is -4.20. The number of hydrogen-bond acceptors (Lipinski definition) is 3. The summed E-state index contributed by atoms with van der Waals surface area (Å²) >= 11 is 3.07. The highest BCUT2D eigenvalue weighted by Crippen LogP contribution is 2.23. The van der Waals surface area contributed by atoms with Crippen molar-refractivity contribution in [3.63, 3.8) is 0 Å². The fourth-order valence-electron chi connectivity index (χ4n) is 1.37. The van der Waals surface area contributed by atoms with Gasteiger partial charge in [-0.3, -0.25) is 4.79 Å². The molecule has 0 aliphatic carbocycles. The highest BCUT2D eigenvalue weighted by Gasteiger charge is 2.40. The Labute approximate surface area is 120 Å². The van der Waals surface area contributed by atoms with E-state index in [9.17, 15) is 22.4 Å². The molecule has 1 rings (SSSR count). The monoisotopic (exact) mass is 360 g/mol. The van der Waals surface area contributed by atoms with Gasteiger partial charge in [-0.1, -0.05) is 13.3 Å². The molecule has 0 saturated carbocycles. The summed E-state index contributed by atoms with van der Waals surface area (Å²) in [5.41, 5.74) is -0.00172. The summed E-state index contributed by atoms with van der Waals surface area (Å²) in [6.07, 6.45) is -2.54. The average Bonchev–Trinajstić information content (AvgIpc) is 2.35.